The molecule has 0 amide bonds. The Bertz CT molecular complexity index is 305. The van der Waals surface area contributed by atoms with Gasteiger partial charge in [0.1, 0.15) is 0 Å². The van der Waals surface area contributed by atoms with Crippen LogP contribution < -0.4 is 5.32 Å². The summed E-state index contributed by atoms with van der Waals surface area (Å²) < 4.78 is 1.23. The van der Waals surface area contributed by atoms with Crippen molar-refractivity contribution in [3.63, 3.8) is 0 Å². The van der Waals surface area contributed by atoms with Crippen LogP contribution in [0.5, 0.6) is 0 Å². The third kappa shape index (κ3) is 2.12. The number of nitrogens with one attached hydrogen (secondary N) is 1. The van der Waals surface area contributed by atoms with Gasteiger partial charge >= 0.3 is 0 Å². The highest BCUT2D eigenvalue weighted by atomic mass is 79.9. The second-order valence-corrected chi connectivity index (χ2v) is 4.67. The summed E-state index contributed by atoms with van der Waals surface area (Å²) in [5.74, 6) is 0.856. The lowest BCUT2D eigenvalue weighted by Gasteiger charge is -2.27. The third-order valence-electron chi connectivity index (χ3n) is 2.63. The van der Waals surface area contributed by atoms with Crippen LogP contribution in [0.15, 0.2) is 22.7 Å². The lowest BCUT2D eigenvalue weighted by atomic mass is 9.94. The Morgan fingerprint density at radius 2 is 2.23 bits per heavy atom. The van der Waals surface area contributed by atoms with Gasteiger partial charge in [-0.2, -0.15) is 0 Å². The lowest BCUT2D eigenvalue weighted by Crippen LogP contribution is -2.43. The van der Waals surface area contributed by atoms with E-state index in [2.05, 4.69) is 46.4 Å². The molecule has 2 heteroatoms. The summed E-state index contributed by atoms with van der Waals surface area (Å²) in [5.41, 5.74) is 2.76. The molecule has 1 aromatic rings. The molecule has 13 heavy (non-hydrogen) atoms. The highest BCUT2D eigenvalue weighted by Gasteiger charge is 2.16. The maximum atomic E-state index is 3.56. The first-order valence-corrected chi connectivity index (χ1v) is 5.51. The SMILES string of the molecule is Cc1ccc(CC2CNC2)cc1Br. The Kier molecular flexibility index (Phi) is 2.70. The second kappa shape index (κ2) is 3.81. The minimum atomic E-state index is 0.856. The molecule has 0 aliphatic carbocycles. The van der Waals surface area contributed by atoms with Crippen molar-refractivity contribution in [2.24, 2.45) is 5.92 Å². The monoisotopic (exact) mass is 239 g/mol. The van der Waals surface area contributed by atoms with Crippen molar-refractivity contribution in [2.75, 3.05) is 13.1 Å². The quantitative estimate of drug-likeness (QED) is 0.837. The standard InChI is InChI=1S/C11H14BrN/c1-8-2-3-9(5-11(8)12)4-10-6-13-7-10/h2-3,5,10,13H,4,6-7H2,1H3. The van der Waals surface area contributed by atoms with Gasteiger partial charge in [-0.05, 0) is 49.5 Å². The molecule has 1 aliphatic rings. The van der Waals surface area contributed by atoms with Crippen LogP contribution >= 0.6 is 15.9 Å². The molecule has 0 unspecified atom stereocenters. The Morgan fingerprint density at radius 3 is 2.77 bits per heavy atom. The molecule has 1 aliphatic heterocycles. The Morgan fingerprint density at radius 1 is 1.46 bits per heavy atom. The Balaban J connectivity index is 2.07. The van der Waals surface area contributed by atoms with E-state index >= 15 is 0 Å². The number of halogens is 1. The highest BCUT2D eigenvalue weighted by molar-refractivity contribution is 9.10. The summed E-state index contributed by atoms with van der Waals surface area (Å²) in [5, 5.41) is 3.30. The average Bonchev–Trinajstić information content (AvgIpc) is 2.04. The van der Waals surface area contributed by atoms with Crippen LogP contribution in [0.4, 0.5) is 0 Å². The fourth-order valence-electron chi connectivity index (χ4n) is 1.59. The largest absolute Gasteiger partial charge is 0.316 e. The van der Waals surface area contributed by atoms with Gasteiger partial charge in [-0.15, -0.1) is 0 Å². The summed E-state index contributed by atoms with van der Waals surface area (Å²) in [6, 6.07) is 6.66. The summed E-state index contributed by atoms with van der Waals surface area (Å²) in [6.07, 6.45) is 1.21. The molecule has 70 valence electrons. The third-order valence-corrected chi connectivity index (χ3v) is 3.48. The van der Waals surface area contributed by atoms with Crippen molar-refractivity contribution in [1.29, 1.82) is 0 Å². The molecule has 1 saturated heterocycles. The first-order valence-electron chi connectivity index (χ1n) is 4.71. The fraction of sp³-hybridized carbons (Fsp3) is 0.455. The zero-order valence-corrected chi connectivity index (χ0v) is 9.39. The zero-order valence-electron chi connectivity index (χ0n) is 7.81. The summed E-state index contributed by atoms with van der Waals surface area (Å²) >= 11 is 3.56. The van der Waals surface area contributed by atoms with Gasteiger partial charge in [0.25, 0.3) is 0 Å². The van der Waals surface area contributed by atoms with Gasteiger partial charge in [-0.1, -0.05) is 28.1 Å². The molecular weight excluding hydrogens is 226 g/mol. The zero-order chi connectivity index (χ0) is 9.26. The molecule has 1 heterocycles. The van der Waals surface area contributed by atoms with Gasteiger partial charge in [-0.3, -0.25) is 0 Å². The lowest BCUT2D eigenvalue weighted by molar-refractivity contribution is 0.346. The van der Waals surface area contributed by atoms with Crippen LogP contribution in [0.25, 0.3) is 0 Å². The van der Waals surface area contributed by atoms with Crippen LogP contribution in [0.2, 0.25) is 0 Å². The number of aryl methyl sites for hydroxylation is 1. The van der Waals surface area contributed by atoms with Crippen LogP contribution in [0.1, 0.15) is 11.1 Å². The minimum Gasteiger partial charge on any atom is -0.316 e. The van der Waals surface area contributed by atoms with Crippen molar-refractivity contribution in [2.45, 2.75) is 13.3 Å². The van der Waals surface area contributed by atoms with E-state index in [1.165, 1.54) is 35.1 Å². The van der Waals surface area contributed by atoms with E-state index in [0.717, 1.165) is 5.92 Å². The Hall–Kier alpha value is -0.340. The van der Waals surface area contributed by atoms with Gasteiger partial charge in [0.2, 0.25) is 0 Å². The normalized spacial score (nSPS) is 17.1. The topological polar surface area (TPSA) is 12.0 Å². The summed E-state index contributed by atoms with van der Waals surface area (Å²) in [7, 11) is 0. The van der Waals surface area contributed by atoms with E-state index in [1.807, 2.05) is 0 Å². The molecule has 0 saturated carbocycles. The van der Waals surface area contributed by atoms with Crippen molar-refractivity contribution in [3.8, 4) is 0 Å². The molecule has 0 atom stereocenters. The van der Waals surface area contributed by atoms with Gasteiger partial charge < -0.3 is 5.32 Å². The molecule has 1 N–H and O–H groups in total. The van der Waals surface area contributed by atoms with Crippen LogP contribution in [0.3, 0.4) is 0 Å². The van der Waals surface area contributed by atoms with E-state index in [-0.39, 0.29) is 0 Å². The number of benzene rings is 1. The molecule has 0 spiro atoms. The fourth-order valence-corrected chi connectivity index (χ4v) is 2.02. The molecule has 0 aromatic heterocycles. The van der Waals surface area contributed by atoms with Gasteiger partial charge in [0.15, 0.2) is 0 Å². The average molecular weight is 240 g/mol. The van der Waals surface area contributed by atoms with E-state index in [1.54, 1.807) is 0 Å². The molecular formula is C11H14BrN. The minimum absolute atomic E-state index is 0.856. The van der Waals surface area contributed by atoms with Gasteiger partial charge in [-0.25, -0.2) is 0 Å². The first-order chi connectivity index (χ1) is 6.25. The molecule has 2 rings (SSSR count). The van der Waals surface area contributed by atoms with Crippen molar-refractivity contribution in [1.82, 2.24) is 5.32 Å². The first kappa shape index (κ1) is 9.22. The number of hydrogen-bond donors (Lipinski definition) is 1. The maximum Gasteiger partial charge on any atom is 0.0207 e. The highest BCUT2D eigenvalue weighted by Crippen LogP contribution is 2.20. The predicted molar refractivity (Wildman–Crippen MR) is 58.9 cm³/mol. The van der Waals surface area contributed by atoms with E-state index in [0.29, 0.717) is 0 Å². The summed E-state index contributed by atoms with van der Waals surface area (Å²) in [6.45, 7) is 4.50. The molecule has 0 bridgehead atoms. The van der Waals surface area contributed by atoms with Gasteiger partial charge in [0, 0.05) is 4.47 Å². The molecule has 1 aromatic carbocycles. The van der Waals surface area contributed by atoms with Crippen molar-refractivity contribution < 1.29 is 0 Å². The molecule has 0 radical (unpaired) electrons. The second-order valence-electron chi connectivity index (χ2n) is 3.81. The van der Waals surface area contributed by atoms with E-state index in [9.17, 15) is 0 Å². The maximum absolute atomic E-state index is 3.56. The van der Waals surface area contributed by atoms with Crippen LogP contribution in [0, 0.1) is 12.8 Å². The number of rotatable bonds is 2. The van der Waals surface area contributed by atoms with Crippen LogP contribution in [-0.4, -0.2) is 13.1 Å². The smallest absolute Gasteiger partial charge is 0.0207 e. The summed E-state index contributed by atoms with van der Waals surface area (Å²) in [4.78, 5) is 0. The van der Waals surface area contributed by atoms with Crippen molar-refractivity contribution >= 4 is 15.9 Å². The van der Waals surface area contributed by atoms with E-state index < -0.39 is 0 Å². The molecule has 1 fully saturated rings. The van der Waals surface area contributed by atoms with Crippen molar-refractivity contribution in [3.05, 3.63) is 33.8 Å². The van der Waals surface area contributed by atoms with E-state index in [4.69, 9.17) is 0 Å². The van der Waals surface area contributed by atoms with Gasteiger partial charge in [0.05, 0.1) is 0 Å². The number of hydrogen-bond acceptors (Lipinski definition) is 1. The predicted octanol–water partition coefficient (Wildman–Crippen LogP) is 2.52. The molecule has 1 nitrogen and oxygen atoms in total. The Labute approximate surface area is 87.7 Å². The van der Waals surface area contributed by atoms with Crippen LogP contribution in [-0.2, 0) is 6.42 Å².